The Morgan fingerprint density at radius 2 is 2.07 bits per heavy atom. The molecule has 0 atom stereocenters. The number of nitrogens with one attached hydrogen (secondary N) is 1. The van der Waals surface area contributed by atoms with Gasteiger partial charge < -0.3 is 9.47 Å². The quantitative estimate of drug-likeness (QED) is 0.420. The number of carbonyl (C=O) groups excluding carboxylic acids is 1. The molecular weight excluding hydrogens is 450 g/mol. The van der Waals surface area contributed by atoms with Crippen molar-refractivity contribution in [3.05, 3.63) is 50.0 Å². The summed E-state index contributed by atoms with van der Waals surface area (Å²) in [7, 11) is 1.41. The number of thiazole rings is 1. The summed E-state index contributed by atoms with van der Waals surface area (Å²) in [5.74, 6) is 0.484. The summed E-state index contributed by atoms with van der Waals surface area (Å²) < 4.78 is 12.1. The predicted molar refractivity (Wildman–Crippen MR) is 111 cm³/mol. The number of hydrogen-bond acceptors (Lipinski definition) is 7. The average Bonchev–Trinajstić information content (AvgIpc) is 3.01. The van der Waals surface area contributed by atoms with E-state index in [1.165, 1.54) is 19.2 Å². The number of rotatable bonds is 6. The number of anilines is 1. The Hall–Kier alpha value is -2.72. The molecule has 0 fully saturated rings. The van der Waals surface area contributed by atoms with Crippen LogP contribution in [0, 0.1) is 24.0 Å². The number of methoxy groups -OCH3 is 1. The summed E-state index contributed by atoms with van der Waals surface area (Å²) in [6.07, 6.45) is 0. The van der Waals surface area contributed by atoms with Crippen molar-refractivity contribution in [1.82, 2.24) is 4.98 Å². The molecule has 146 valence electrons. The second-order valence-corrected chi connectivity index (χ2v) is 7.89. The van der Waals surface area contributed by atoms with Crippen molar-refractivity contribution in [2.45, 2.75) is 13.8 Å². The van der Waals surface area contributed by atoms with E-state index in [0.29, 0.717) is 21.1 Å². The number of carbonyl (C=O) groups is 1. The monoisotopic (exact) mass is 465 g/mol. The molecular formula is C18H16BrN3O5S. The number of fused-ring (bicyclic) bond motifs is 1. The van der Waals surface area contributed by atoms with Crippen LogP contribution in [0.2, 0.25) is 0 Å². The fourth-order valence-corrected chi connectivity index (χ4v) is 4.40. The topological polar surface area (TPSA) is 104 Å². The van der Waals surface area contributed by atoms with E-state index in [2.05, 4.69) is 26.2 Å². The predicted octanol–water partition coefficient (Wildman–Crippen LogP) is 4.61. The van der Waals surface area contributed by atoms with E-state index in [1.807, 2.05) is 26.0 Å². The number of aromatic nitrogens is 1. The summed E-state index contributed by atoms with van der Waals surface area (Å²) in [4.78, 5) is 27.1. The smallest absolute Gasteiger partial charge is 0.274 e. The summed E-state index contributed by atoms with van der Waals surface area (Å²) in [6.45, 7) is 3.67. The third kappa shape index (κ3) is 4.23. The molecule has 0 saturated heterocycles. The van der Waals surface area contributed by atoms with Crippen LogP contribution in [0.5, 0.6) is 11.5 Å². The van der Waals surface area contributed by atoms with Gasteiger partial charge in [-0.2, -0.15) is 0 Å². The number of aryl methyl sites for hydroxylation is 2. The SMILES string of the molecule is COc1cc([N+](=O)[O-])cc2sc(NC(=O)COc3c(C)cc(C)cc3Br)nc12. The van der Waals surface area contributed by atoms with Crippen LogP contribution in [-0.4, -0.2) is 29.5 Å². The lowest BCUT2D eigenvalue weighted by molar-refractivity contribution is -0.384. The minimum Gasteiger partial charge on any atom is -0.494 e. The van der Waals surface area contributed by atoms with Crippen molar-refractivity contribution in [3.8, 4) is 11.5 Å². The highest BCUT2D eigenvalue weighted by molar-refractivity contribution is 9.10. The molecule has 1 heterocycles. The molecule has 0 bridgehead atoms. The molecule has 28 heavy (non-hydrogen) atoms. The lowest BCUT2D eigenvalue weighted by Crippen LogP contribution is -2.20. The van der Waals surface area contributed by atoms with Crippen LogP contribution >= 0.6 is 27.3 Å². The molecule has 0 aliphatic heterocycles. The van der Waals surface area contributed by atoms with Gasteiger partial charge in [0.05, 0.1) is 27.3 Å². The molecule has 1 N–H and O–H groups in total. The highest BCUT2D eigenvalue weighted by Gasteiger charge is 2.17. The van der Waals surface area contributed by atoms with Gasteiger partial charge in [0.1, 0.15) is 11.3 Å². The van der Waals surface area contributed by atoms with E-state index in [1.54, 1.807) is 0 Å². The van der Waals surface area contributed by atoms with Crippen molar-refractivity contribution in [1.29, 1.82) is 0 Å². The zero-order chi connectivity index (χ0) is 20.4. The van der Waals surface area contributed by atoms with E-state index in [-0.39, 0.29) is 24.0 Å². The molecule has 0 aliphatic rings. The third-order valence-corrected chi connectivity index (χ3v) is 5.35. The van der Waals surface area contributed by atoms with Crippen LogP contribution in [0.3, 0.4) is 0 Å². The van der Waals surface area contributed by atoms with E-state index >= 15 is 0 Å². The fraction of sp³-hybridized carbons (Fsp3) is 0.222. The average molecular weight is 466 g/mol. The summed E-state index contributed by atoms with van der Waals surface area (Å²) in [6, 6.07) is 6.57. The van der Waals surface area contributed by atoms with Gasteiger partial charge in [0.15, 0.2) is 17.5 Å². The molecule has 10 heteroatoms. The normalized spacial score (nSPS) is 10.7. The number of hydrogen-bond donors (Lipinski definition) is 1. The molecule has 1 aromatic heterocycles. The number of halogens is 1. The van der Waals surface area contributed by atoms with Gasteiger partial charge in [-0.05, 0) is 47.0 Å². The van der Waals surface area contributed by atoms with Crippen molar-refractivity contribution >= 4 is 54.2 Å². The first kappa shape index (κ1) is 20.0. The number of nitro benzene ring substituents is 1. The standard InChI is InChI=1S/C18H16BrN3O5S/c1-9-4-10(2)17(12(19)5-9)27-8-15(23)20-18-21-16-13(26-3)6-11(22(24)25)7-14(16)28-18/h4-7H,8H2,1-3H3,(H,20,21,23). The van der Waals surface area contributed by atoms with E-state index in [4.69, 9.17) is 9.47 Å². The first-order chi connectivity index (χ1) is 13.3. The minimum atomic E-state index is -0.504. The Morgan fingerprint density at radius 3 is 2.71 bits per heavy atom. The van der Waals surface area contributed by atoms with Gasteiger partial charge in [0.25, 0.3) is 11.6 Å². The number of amides is 1. The van der Waals surface area contributed by atoms with Crippen molar-refractivity contribution < 1.29 is 19.2 Å². The third-order valence-electron chi connectivity index (χ3n) is 3.84. The van der Waals surface area contributed by atoms with Crippen molar-refractivity contribution in [2.24, 2.45) is 0 Å². The van der Waals surface area contributed by atoms with Gasteiger partial charge in [0.2, 0.25) is 0 Å². The van der Waals surface area contributed by atoms with Crippen LogP contribution in [-0.2, 0) is 4.79 Å². The molecule has 0 spiro atoms. The van der Waals surface area contributed by atoms with Gasteiger partial charge in [-0.25, -0.2) is 4.98 Å². The van der Waals surface area contributed by atoms with Crippen LogP contribution < -0.4 is 14.8 Å². The first-order valence-corrected chi connectivity index (χ1v) is 9.71. The zero-order valence-corrected chi connectivity index (χ0v) is 17.6. The second-order valence-electron chi connectivity index (χ2n) is 6.00. The Balaban J connectivity index is 1.75. The number of ether oxygens (including phenoxy) is 2. The maximum atomic E-state index is 12.3. The Labute approximate surface area is 172 Å². The number of nitrogens with zero attached hydrogens (tertiary/aromatic N) is 2. The molecule has 3 aromatic rings. The van der Waals surface area contributed by atoms with E-state index in [0.717, 1.165) is 26.9 Å². The van der Waals surface area contributed by atoms with Crippen LogP contribution in [0.4, 0.5) is 10.8 Å². The Morgan fingerprint density at radius 1 is 1.32 bits per heavy atom. The van der Waals surface area contributed by atoms with Crippen LogP contribution in [0.25, 0.3) is 10.2 Å². The van der Waals surface area contributed by atoms with Gasteiger partial charge in [-0.1, -0.05) is 17.4 Å². The zero-order valence-electron chi connectivity index (χ0n) is 15.2. The molecule has 1 amide bonds. The Kier molecular flexibility index (Phi) is 5.80. The maximum Gasteiger partial charge on any atom is 0.274 e. The molecule has 0 aliphatic carbocycles. The number of non-ortho nitro benzene ring substituents is 1. The lowest BCUT2D eigenvalue weighted by Gasteiger charge is -2.11. The lowest BCUT2D eigenvalue weighted by atomic mass is 10.1. The van der Waals surface area contributed by atoms with Gasteiger partial charge in [0, 0.05) is 6.07 Å². The maximum absolute atomic E-state index is 12.3. The second kappa shape index (κ2) is 8.11. The minimum absolute atomic E-state index is 0.103. The van der Waals surface area contributed by atoms with Crippen molar-refractivity contribution in [3.63, 3.8) is 0 Å². The highest BCUT2D eigenvalue weighted by Crippen LogP contribution is 2.36. The van der Waals surface area contributed by atoms with E-state index < -0.39 is 4.92 Å². The van der Waals surface area contributed by atoms with Crippen LogP contribution in [0.15, 0.2) is 28.7 Å². The summed E-state index contributed by atoms with van der Waals surface area (Å²) >= 11 is 4.56. The fourth-order valence-electron chi connectivity index (χ4n) is 2.68. The van der Waals surface area contributed by atoms with E-state index in [9.17, 15) is 14.9 Å². The molecule has 2 aromatic carbocycles. The van der Waals surface area contributed by atoms with Crippen LogP contribution in [0.1, 0.15) is 11.1 Å². The summed E-state index contributed by atoms with van der Waals surface area (Å²) in [5.41, 5.74) is 2.34. The molecule has 3 rings (SSSR count). The molecule has 0 saturated carbocycles. The van der Waals surface area contributed by atoms with Crippen molar-refractivity contribution in [2.75, 3.05) is 19.0 Å². The largest absolute Gasteiger partial charge is 0.494 e. The Bertz CT molecular complexity index is 1060. The van der Waals surface area contributed by atoms with Gasteiger partial charge in [-0.15, -0.1) is 0 Å². The summed E-state index contributed by atoms with van der Waals surface area (Å²) in [5, 5.41) is 14.0. The first-order valence-electron chi connectivity index (χ1n) is 8.11. The van der Waals surface area contributed by atoms with Gasteiger partial charge in [-0.3, -0.25) is 20.2 Å². The number of benzene rings is 2. The highest BCUT2D eigenvalue weighted by atomic mass is 79.9. The molecule has 0 radical (unpaired) electrons. The number of nitro groups is 1. The molecule has 8 nitrogen and oxygen atoms in total. The van der Waals surface area contributed by atoms with Gasteiger partial charge >= 0.3 is 0 Å². The molecule has 0 unspecified atom stereocenters.